The van der Waals surface area contributed by atoms with Crippen molar-refractivity contribution in [3.63, 3.8) is 0 Å². The van der Waals surface area contributed by atoms with Gasteiger partial charge in [0, 0.05) is 18.3 Å². The SMILES string of the molecule is CC(C)N(C)CCCCNC1CCCC(S(C)(=O)=O)C1. The van der Waals surface area contributed by atoms with E-state index in [9.17, 15) is 8.42 Å². The second kappa shape index (κ2) is 8.35. The zero-order valence-corrected chi connectivity index (χ0v) is 14.4. The van der Waals surface area contributed by atoms with Crippen LogP contribution in [0.25, 0.3) is 0 Å². The lowest BCUT2D eigenvalue weighted by atomic mass is 9.95. The first-order valence-corrected chi connectivity index (χ1v) is 9.88. The molecular weight excluding hydrogens is 272 g/mol. The molecule has 0 aromatic rings. The van der Waals surface area contributed by atoms with Gasteiger partial charge in [-0.05, 0) is 66.1 Å². The van der Waals surface area contributed by atoms with Crippen LogP contribution in [0.15, 0.2) is 0 Å². The van der Waals surface area contributed by atoms with E-state index in [1.807, 2.05) is 0 Å². The highest BCUT2D eigenvalue weighted by Crippen LogP contribution is 2.23. The van der Waals surface area contributed by atoms with Gasteiger partial charge in [0.15, 0.2) is 0 Å². The molecule has 120 valence electrons. The summed E-state index contributed by atoms with van der Waals surface area (Å²) >= 11 is 0. The van der Waals surface area contributed by atoms with E-state index in [-0.39, 0.29) is 5.25 Å². The fourth-order valence-electron chi connectivity index (χ4n) is 2.77. The zero-order chi connectivity index (χ0) is 15.2. The van der Waals surface area contributed by atoms with Crippen molar-refractivity contribution in [2.24, 2.45) is 0 Å². The average molecular weight is 305 g/mol. The maximum Gasteiger partial charge on any atom is 0.150 e. The third-order valence-corrected chi connectivity index (χ3v) is 6.12. The Bertz CT molecular complexity index is 368. The minimum absolute atomic E-state index is 0.124. The van der Waals surface area contributed by atoms with Crippen molar-refractivity contribution >= 4 is 9.84 Å². The minimum atomic E-state index is -2.86. The van der Waals surface area contributed by atoms with E-state index >= 15 is 0 Å². The summed E-state index contributed by atoms with van der Waals surface area (Å²) < 4.78 is 23.2. The highest BCUT2D eigenvalue weighted by molar-refractivity contribution is 7.91. The van der Waals surface area contributed by atoms with E-state index in [1.165, 1.54) is 12.7 Å². The number of unbranched alkanes of at least 4 members (excludes halogenated alkanes) is 1. The summed E-state index contributed by atoms with van der Waals surface area (Å²) in [5, 5.41) is 3.42. The minimum Gasteiger partial charge on any atom is -0.314 e. The molecule has 0 spiro atoms. The Morgan fingerprint density at radius 2 is 1.95 bits per heavy atom. The molecule has 4 nitrogen and oxygen atoms in total. The molecule has 2 atom stereocenters. The number of hydrogen-bond acceptors (Lipinski definition) is 4. The summed E-state index contributed by atoms with van der Waals surface area (Å²) in [5.74, 6) is 0. The van der Waals surface area contributed by atoms with Gasteiger partial charge < -0.3 is 10.2 Å². The van der Waals surface area contributed by atoms with Crippen LogP contribution >= 0.6 is 0 Å². The molecule has 0 aliphatic heterocycles. The summed E-state index contributed by atoms with van der Waals surface area (Å²) in [5.41, 5.74) is 0. The van der Waals surface area contributed by atoms with Crippen molar-refractivity contribution in [1.29, 1.82) is 0 Å². The van der Waals surface area contributed by atoms with Crippen molar-refractivity contribution < 1.29 is 8.42 Å². The second-order valence-electron chi connectivity index (χ2n) is 6.55. The maximum atomic E-state index is 11.6. The van der Waals surface area contributed by atoms with Crippen LogP contribution in [0, 0.1) is 0 Å². The molecular formula is C15H32N2O2S. The molecule has 0 aromatic carbocycles. The topological polar surface area (TPSA) is 49.4 Å². The van der Waals surface area contributed by atoms with E-state index in [1.54, 1.807) is 0 Å². The standard InChI is InChI=1S/C15H32N2O2S/c1-13(2)17(3)11-6-5-10-16-14-8-7-9-15(12-14)20(4,18)19/h13-16H,5-12H2,1-4H3. The van der Waals surface area contributed by atoms with Crippen LogP contribution in [-0.4, -0.2) is 57.0 Å². The van der Waals surface area contributed by atoms with Gasteiger partial charge in [-0.3, -0.25) is 0 Å². The predicted molar refractivity (Wildman–Crippen MR) is 85.9 cm³/mol. The number of hydrogen-bond donors (Lipinski definition) is 1. The highest BCUT2D eigenvalue weighted by Gasteiger charge is 2.28. The van der Waals surface area contributed by atoms with Crippen LogP contribution in [0.4, 0.5) is 0 Å². The van der Waals surface area contributed by atoms with Gasteiger partial charge in [0.25, 0.3) is 0 Å². The quantitative estimate of drug-likeness (QED) is 0.697. The van der Waals surface area contributed by atoms with Crippen molar-refractivity contribution in [2.45, 2.75) is 69.7 Å². The van der Waals surface area contributed by atoms with Gasteiger partial charge in [0.05, 0.1) is 5.25 Å². The Morgan fingerprint density at radius 1 is 1.25 bits per heavy atom. The maximum absolute atomic E-state index is 11.6. The molecule has 2 unspecified atom stereocenters. The van der Waals surface area contributed by atoms with Crippen molar-refractivity contribution in [2.75, 3.05) is 26.4 Å². The molecule has 1 N–H and O–H groups in total. The van der Waals surface area contributed by atoms with Crippen molar-refractivity contribution in [3.8, 4) is 0 Å². The van der Waals surface area contributed by atoms with Crippen molar-refractivity contribution in [3.05, 3.63) is 0 Å². The van der Waals surface area contributed by atoms with Gasteiger partial charge in [-0.1, -0.05) is 6.42 Å². The molecule has 20 heavy (non-hydrogen) atoms. The van der Waals surface area contributed by atoms with Gasteiger partial charge >= 0.3 is 0 Å². The van der Waals surface area contributed by atoms with Gasteiger partial charge in [0.1, 0.15) is 9.84 Å². The first-order valence-electron chi connectivity index (χ1n) is 7.93. The average Bonchev–Trinajstić information content (AvgIpc) is 2.37. The first kappa shape index (κ1) is 17.9. The van der Waals surface area contributed by atoms with Crippen LogP contribution in [0.3, 0.4) is 0 Å². The monoisotopic (exact) mass is 304 g/mol. The van der Waals surface area contributed by atoms with Crippen LogP contribution < -0.4 is 5.32 Å². The fraction of sp³-hybridized carbons (Fsp3) is 1.00. The molecule has 0 heterocycles. The summed E-state index contributed by atoms with van der Waals surface area (Å²) in [6, 6.07) is 1.00. The van der Waals surface area contributed by atoms with Gasteiger partial charge in [-0.2, -0.15) is 0 Å². The van der Waals surface area contributed by atoms with Gasteiger partial charge in [-0.15, -0.1) is 0 Å². The molecule has 1 saturated carbocycles. The summed E-state index contributed by atoms with van der Waals surface area (Å²) in [7, 11) is -0.699. The Hall–Kier alpha value is -0.130. The van der Waals surface area contributed by atoms with E-state index in [2.05, 4.69) is 31.1 Å². The summed E-state index contributed by atoms with van der Waals surface area (Å²) in [4.78, 5) is 2.36. The van der Waals surface area contributed by atoms with Gasteiger partial charge in [0.2, 0.25) is 0 Å². The molecule has 5 heteroatoms. The fourth-order valence-corrected chi connectivity index (χ4v) is 3.95. The largest absolute Gasteiger partial charge is 0.314 e. The molecule has 1 aliphatic carbocycles. The normalized spacial score (nSPS) is 24.5. The molecule has 1 rings (SSSR count). The first-order chi connectivity index (χ1) is 9.30. The lowest BCUT2D eigenvalue weighted by molar-refractivity contribution is 0.266. The summed E-state index contributed by atoms with van der Waals surface area (Å²) in [6.45, 7) is 6.57. The van der Waals surface area contributed by atoms with Crippen molar-refractivity contribution in [1.82, 2.24) is 10.2 Å². The Morgan fingerprint density at radius 3 is 2.55 bits per heavy atom. The molecule has 0 radical (unpaired) electrons. The number of sulfone groups is 1. The van der Waals surface area contributed by atoms with Crippen LogP contribution in [0.5, 0.6) is 0 Å². The molecule has 0 amide bonds. The van der Waals surface area contributed by atoms with E-state index < -0.39 is 9.84 Å². The third kappa shape index (κ3) is 6.55. The zero-order valence-electron chi connectivity index (χ0n) is 13.6. The van der Waals surface area contributed by atoms with E-state index in [4.69, 9.17) is 0 Å². The van der Waals surface area contributed by atoms with E-state index in [0.717, 1.165) is 45.2 Å². The summed E-state index contributed by atoms with van der Waals surface area (Å²) in [6.07, 6.45) is 7.53. The Kier molecular flexibility index (Phi) is 7.48. The predicted octanol–water partition coefficient (Wildman–Crippen LogP) is 2.05. The Balaban J connectivity index is 2.16. The van der Waals surface area contributed by atoms with Crippen LogP contribution in [0.2, 0.25) is 0 Å². The number of rotatable bonds is 8. The molecule has 0 aromatic heterocycles. The lowest BCUT2D eigenvalue weighted by Crippen LogP contribution is -2.39. The highest BCUT2D eigenvalue weighted by atomic mass is 32.2. The van der Waals surface area contributed by atoms with Gasteiger partial charge in [-0.25, -0.2) is 8.42 Å². The van der Waals surface area contributed by atoms with Crippen LogP contribution in [0.1, 0.15) is 52.4 Å². The second-order valence-corrected chi connectivity index (χ2v) is 8.88. The lowest BCUT2D eigenvalue weighted by Gasteiger charge is -2.29. The van der Waals surface area contributed by atoms with Crippen LogP contribution in [-0.2, 0) is 9.84 Å². The molecule has 1 aliphatic rings. The molecule has 0 bridgehead atoms. The number of nitrogens with zero attached hydrogens (tertiary/aromatic N) is 1. The number of nitrogens with one attached hydrogen (secondary N) is 1. The van der Waals surface area contributed by atoms with E-state index in [0.29, 0.717) is 12.1 Å². The smallest absolute Gasteiger partial charge is 0.150 e. The molecule has 1 fully saturated rings. The third-order valence-electron chi connectivity index (χ3n) is 4.48. The molecule has 0 saturated heterocycles. The Labute approximate surface area is 125 Å².